The molecule has 15 aromatic rings. The maximum Gasteiger partial charge on any atom is 2.00 e. The zero-order valence-corrected chi connectivity index (χ0v) is 40.4. The summed E-state index contributed by atoms with van der Waals surface area (Å²) in [4.78, 5) is 42.9. The minimum atomic E-state index is 0. The predicted molar refractivity (Wildman–Crippen MR) is 286 cm³/mol. The second-order valence-corrected chi connectivity index (χ2v) is 21.8. The Labute approximate surface area is 419 Å². The molecule has 0 aliphatic carbocycles. The van der Waals surface area contributed by atoms with Crippen molar-refractivity contribution in [3.05, 3.63) is 146 Å². The van der Waals surface area contributed by atoms with Gasteiger partial charge in [-0.1, -0.05) is 72.8 Å². The molecule has 2 aliphatic rings. The average Bonchev–Trinajstić information content (AvgIpc) is 4.26. The summed E-state index contributed by atoms with van der Waals surface area (Å²) in [6.45, 7) is 0. The molecular formula is C56H24N8S4Ti. The van der Waals surface area contributed by atoms with Gasteiger partial charge in [-0.05, 0) is 94.3 Å². The Morgan fingerprint density at radius 1 is 0.246 bits per heavy atom. The van der Waals surface area contributed by atoms with Crippen LogP contribution >= 0.6 is 45.3 Å². The van der Waals surface area contributed by atoms with E-state index in [0.717, 1.165) is 84.1 Å². The summed E-state index contributed by atoms with van der Waals surface area (Å²) in [7, 11) is 0. The van der Waals surface area contributed by atoms with E-state index in [4.69, 9.17) is 39.9 Å². The predicted octanol–water partition coefficient (Wildman–Crippen LogP) is 15.6. The van der Waals surface area contributed by atoms with E-state index in [9.17, 15) is 0 Å². The summed E-state index contributed by atoms with van der Waals surface area (Å²) in [5.74, 6) is 2.18. The van der Waals surface area contributed by atoms with Crippen molar-refractivity contribution in [1.29, 1.82) is 0 Å². The van der Waals surface area contributed by atoms with E-state index in [0.29, 0.717) is 45.9 Å². The molecule has 9 heterocycles. The molecule has 69 heavy (non-hydrogen) atoms. The second-order valence-electron chi connectivity index (χ2n) is 17.5. The molecule has 0 saturated carbocycles. The van der Waals surface area contributed by atoms with E-state index in [-0.39, 0.29) is 21.7 Å². The van der Waals surface area contributed by atoms with E-state index in [1.165, 1.54) is 40.3 Å². The molecule has 0 fully saturated rings. The molecule has 0 unspecified atom stereocenters. The van der Waals surface area contributed by atoms with Crippen LogP contribution in [-0.4, -0.2) is 29.9 Å². The Morgan fingerprint density at radius 2 is 0.522 bits per heavy atom. The first kappa shape index (κ1) is 38.7. The van der Waals surface area contributed by atoms with Crippen molar-refractivity contribution in [2.24, 2.45) is 0 Å². The Kier molecular flexibility index (Phi) is 7.80. The van der Waals surface area contributed by atoms with Crippen molar-refractivity contribution in [2.75, 3.05) is 0 Å². The van der Waals surface area contributed by atoms with Crippen LogP contribution in [0.2, 0.25) is 0 Å². The molecule has 0 atom stereocenters. The third-order valence-corrected chi connectivity index (χ3v) is 18.2. The maximum absolute atomic E-state index is 5.43. The molecular weight excluding hydrogens is 961 g/mol. The number of nitrogens with zero attached hydrogens (tertiary/aromatic N) is 8. The van der Waals surface area contributed by atoms with Crippen LogP contribution in [0.5, 0.6) is 0 Å². The first-order valence-electron chi connectivity index (χ1n) is 22.1. The summed E-state index contributed by atoms with van der Waals surface area (Å²) in [6, 6.07) is 52.1. The van der Waals surface area contributed by atoms with Crippen LogP contribution in [0.3, 0.4) is 0 Å². The molecule has 0 amide bonds. The summed E-state index contributed by atoms with van der Waals surface area (Å²) < 4.78 is 9.53. The molecule has 8 nitrogen and oxygen atoms in total. The fraction of sp³-hybridized carbons (Fsp3) is 0. The van der Waals surface area contributed by atoms with Crippen LogP contribution in [0.4, 0.5) is 0 Å². The van der Waals surface area contributed by atoms with Crippen molar-refractivity contribution in [3.8, 4) is 45.6 Å². The quantitative estimate of drug-likeness (QED) is 0.138. The number of thiophene rings is 4. The van der Waals surface area contributed by atoms with E-state index >= 15 is 0 Å². The molecule has 0 radical (unpaired) electrons. The number of rotatable bonds is 0. The number of benzene rings is 8. The third-order valence-electron chi connectivity index (χ3n) is 13.7. The first-order valence-corrected chi connectivity index (χ1v) is 25.4. The Balaban J connectivity index is 0.00000415. The molecule has 0 N–H and O–H groups in total. The summed E-state index contributed by atoms with van der Waals surface area (Å²) in [5, 5.41) is 13.0. The van der Waals surface area contributed by atoms with E-state index in [1.807, 2.05) is 0 Å². The minimum absolute atomic E-state index is 0. The Bertz CT molecular complexity index is 4700. The average molecular weight is 985 g/mol. The Morgan fingerprint density at radius 3 is 0.870 bits per heavy atom. The van der Waals surface area contributed by atoms with Crippen LogP contribution in [0.15, 0.2) is 146 Å². The van der Waals surface area contributed by atoms with Gasteiger partial charge in [0.15, 0.2) is 0 Å². The fourth-order valence-corrected chi connectivity index (χ4v) is 15.0. The number of hydrogen-bond acceptors (Lipinski definition) is 10. The molecule has 316 valence electrons. The molecule has 8 aromatic carbocycles. The normalized spacial score (nSPS) is 12.5. The Hall–Kier alpha value is -7.29. The van der Waals surface area contributed by atoms with Gasteiger partial charge < -0.3 is 29.9 Å². The molecule has 7 aromatic heterocycles. The van der Waals surface area contributed by atoms with Crippen LogP contribution in [0.1, 0.15) is 0 Å². The van der Waals surface area contributed by atoms with Crippen molar-refractivity contribution < 1.29 is 21.7 Å². The van der Waals surface area contributed by atoms with Crippen LogP contribution < -0.4 is 9.97 Å². The largest absolute Gasteiger partial charge is 2.00 e. The zero-order chi connectivity index (χ0) is 43.9. The second kappa shape index (κ2) is 13.9. The van der Waals surface area contributed by atoms with E-state index < -0.39 is 0 Å². The molecule has 17 rings (SSSR count). The summed E-state index contributed by atoms with van der Waals surface area (Å²) >= 11 is 7.10. The van der Waals surface area contributed by atoms with Gasteiger partial charge in [0.1, 0.15) is 0 Å². The maximum atomic E-state index is 5.43. The van der Waals surface area contributed by atoms with Gasteiger partial charge in [-0.3, -0.25) is 0 Å². The topological polar surface area (TPSA) is 106 Å². The van der Waals surface area contributed by atoms with Gasteiger partial charge in [-0.15, -0.1) is 45.3 Å². The summed E-state index contributed by atoms with van der Waals surface area (Å²) in [5.41, 5.74) is 5.78. The van der Waals surface area contributed by atoms with Crippen molar-refractivity contribution in [1.82, 2.24) is 39.9 Å². The molecule has 0 saturated heterocycles. The van der Waals surface area contributed by atoms with Crippen molar-refractivity contribution in [2.45, 2.75) is 0 Å². The van der Waals surface area contributed by atoms with Crippen molar-refractivity contribution in [3.63, 3.8) is 0 Å². The SMILES string of the molecule is [Ti+2].c1ccc2c(c1)sc1cc3c(cc12)-c1nc-3nc2[n-]c(nc3nc(nc4[n-]c(n1)c1cc5sc6ccccc6c5cc41)-c1cc4sc5ccccc5c4cc1-3)c1cc3sc4ccccc4c3cc21. The molecule has 0 spiro atoms. The standard InChI is InChI=1S/C56H24N8S4.Ti/c1-5-13-41-25(9-1)29-17-33-37(21-45(29)65-41)53-57-49(33)61-54-38-22-46-30(26-10-2-6-14-42(26)66-46)18-34(38)51(58-54)63-56-40-24-48-32(28-12-4-8-16-44(28)68-48)20-36(40)52(60-56)64-55-39-23-47-31(19-35(39)50(59-55)62-53)27-11-3-7-15-43(27)67-47;/h1-24H;/q-2;+2. The first-order chi connectivity index (χ1) is 33.6. The van der Waals surface area contributed by atoms with Gasteiger partial charge in [-0.25, -0.2) is 9.97 Å². The van der Waals surface area contributed by atoms with Gasteiger partial charge in [0, 0.05) is 126 Å². The van der Waals surface area contributed by atoms with Gasteiger partial charge in [-0.2, -0.15) is 0 Å². The number of hydrogen-bond donors (Lipinski definition) is 0. The summed E-state index contributed by atoms with van der Waals surface area (Å²) in [6.07, 6.45) is 0. The van der Waals surface area contributed by atoms with Gasteiger partial charge in [0.25, 0.3) is 0 Å². The monoisotopic (exact) mass is 984 g/mol. The third kappa shape index (κ3) is 5.41. The smallest absolute Gasteiger partial charge is 0.357 e. The van der Waals surface area contributed by atoms with Gasteiger partial charge >= 0.3 is 21.7 Å². The van der Waals surface area contributed by atoms with Crippen LogP contribution in [-0.2, 0) is 21.7 Å². The van der Waals surface area contributed by atoms with E-state index in [1.54, 1.807) is 45.3 Å². The van der Waals surface area contributed by atoms with Crippen LogP contribution in [0, 0.1) is 0 Å². The number of fused-ring (bicyclic) bond motifs is 32. The molecule has 2 aliphatic heterocycles. The molecule has 8 bridgehead atoms. The van der Waals surface area contributed by atoms with Crippen LogP contribution in [0.25, 0.3) is 170 Å². The fourth-order valence-electron chi connectivity index (χ4n) is 10.5. The molecule has 13 heteroatoms. The van der Waals surface area contributed by atoms with E-state index in [2.05, 4.69) is 146 Å². The zero-order valence-electron chi connectivity index (χ0n) is 35.6. The minimum Gasteiger partial charge on any atom is -0.357 e. The van der Waals surface area contributed by atoms with Gasteiger partial charge in [0.2, 0.25) is 0 Å². The van der Waals surface area contributed by atoms with Crippen molar-refractivity contribution >= 4 is 170 Å². The number of aromatic nitrogens is 8. The van der Waals surface area contributed by atoms with Gasteiger partial charge in [0.05, 0.1) is 23.3 Å².